The predicted molar refractivity (Wildman–Crippen MR) is 42.8 cm³/mol. The van der Waals surface area contributed by atoms with E-state index in [0.29, 0.717) is 12.8 Å². The van der Waals surface area contributed by atoms with Crippen LogP contribution in [0.3, 0.4) is 0 Å². The quantitative estimate of drug-likeness (QED) is 0.672. The average molecular weight is 155 g/mol. The van der Waals surface area contributed by atoms with Gasteiger partial charge in [-0.3, -0.25) is 9.48 Å². The number of aryl methyl sites for hydroxylation is 2. The number of carbonyl (C=O) groups excluding carboxylic acids is 1. The van der Waals surface area contributed by atoms with E-state index in [-0.39, 0.29) is 7.33 Å². The van der Waals surface area contributed by atoms with Crippen molar-refractivity contribution in [3.8, 4) is 0 Å². The fourth-order valence-corrected chi connectivity index (χ4v) is 0.848. The molecule has 0 saturated carbocycles. The maximum absolute atomic E-state index is 10.4. The molecule has 62 valence electrons. The zero-order valence-corrected chi connectivity index (χ0v) is 6.45. The summed E-state index contributed by atoms with van der Waals surface area (Å²) in [5.41, 5.74) is 5.88. The van der Waals surface area contributed by atoms with Crippen molar-refractivity contribution >= 4 is 5.91 Å². The van der Waals surface area contributed by atoms with Crippen molar-refractivity contribution in [2.75, 3.05) is 0 Å². The van der Waals surface area contributed by atoms with E-state index < -0.39 is 0 Å². The minimum atomic E-state index is -0.282. The third-order valence-corrected chi connectivity index (χ3v) is 1.40. The summed E-state index contributed by atoms with van der Waals surface area (Å²) in [7, 11) is 1.84. The Morgan fingerprint density at radius 2 is 2.64 bits per heavy atom. The SMILES string of the molecule is Cn1ccc(CCC(N)=O)n1.[HH]. The van der Waals surface area contributed by atoms with Crippen LogP contribution in [-0.4, -0.2) is 15.7 Å². The van der Waals surface area contributed by atoms with Gasteiger partial charge in [-0.1, -0.05) is 0 Å². The smallest absolute Gasteiger partial charge is 0.217 e. The molecule has 0 aliphatic rings. The van der Waals surface area contributed by atoms with Crippen molar-refractivity contribution in [1.29, 1.82) is 0 Å². The van der Waals surface area contributed by atoms with E-state index in [0.717, 1.165) is 5.69 Å². The molecule has 0 fully saturated rings. The van der Waals surface area contributed by atoms with Crippen LogP contribution >= 0.6 is 0 Å². The highest BCUT2D eigenvalue weighted by molar-refractivity contribution is 5.73. The highest BCUT2D eigenvalue weighted by Gasteiger charge is 1.98. The van der Waals surface area contributed by atoms with Crippen LogP contribution in [-0.2, 0) is 18.3 Å². The van der Waals surface area contributed by atoms with Gasteiger partial charge in [0.2, 0.25) is 5.91 Å². The van der Waals surface area contributed by atoms with Gasteiger partial charge in [0, 0.05) is 27.5 Å². The van der Waals surface area contributed by atoms with E-state index in [1.54, 1.807) is 4.68 Å². The summed E-state index contributed by atoms with van der Waals surface area (Å²) in [5.74, 6) is -0.282. The first kappa shape index (κ1) is 7.78. The lowest BCUT2D eigenvalue weighted by Crippen LogP contribution is -2.11. The maximum atomic E-state index is 10.4. The topological polar surface area (TPSA) is 60.9 Å². The van der Waals surface area contributed by atoms with E-state index in [2.05, 4.69) is 5.10 Å². The largest absolute Gasteiger partial charge is 0.370 e. The van der Waals surface area contributed by atoms with Crippen molar-refractivity contribution in [3.63, 3.8) is 0 Å². The number of nitrogens with two attached hydrogens (primary N) is 1. The van der Waals surface area contributed by atoms with Gasteiger partial charge in [-0.15, -0.1) is 0 Å². The van der Waals surface area contributed by atoms with Gasteiger partial charge in [0.25, 0.3) is 0 Å². The molecule has 1 amide bonds. The molecule has 0 atom stereocenters. The summed E-state index contributed by atoms with van der Waals surface area (Å²) in [4.78, 5) is 10.4. The van der Waals surface area contributed by atoms with Crippen LogP contribution in [0.2, 0.25) is 0 Å². The fraction of sp³-hybridized carbons (Fsp3) is 0.429. The molecule has 4 heteroatoms. The lowest BCUT2D eigenvalue weighted by Gasteiger charge is -1.91. The molecule has 0 bridgehead atoms. The van der Waals surface area contributed by atoms with Crippen LogP contribution in [0.1, 0.15) is 13.5 Å². The van der Waals surface area contributed by atoms with Crippen molar-refractivity contribution < 1.29 is 6.22 Å². The molecule has 0 radical (unpaired) electrons. The molecule has 0 saturated heterocycles. The number of hydrogen-bond acceptors (Lipinski definition) is 2. The molecular weight excluding hydrogens is 142 g/mol. The van der Waals surface area contributed by atoms with E-state index in [9.17, 15) is 4.79 Å². The third kappa shape index (κ3) is 2.41. The standard InChI is InChI=1S/C7H11N3O.H2/c1-10-5-4-6(9-10)2-3-7(8)11;/h4-5H,2-3H2,1H3,(H2,8,11);1H. The van der Waals surface area contributed by atoms with Gasteiger partial charge < -0.3 is 5.73 Å². The maximum Gasteiger partial charge on any atom is 0.217 e. The molecule has 0 spiro atoms. The Morgan fingerprint density at radius 3 is 3.09 bits per heavy atom. The lowest BCUT2D eigenvalue weighted by atomic mass is 10.2. The minimum Gasteiger partial charge on any atom is -0.370 e. The zero-order valence-electron chi connectivity index (χ0n) is 6.45. The second-order valence-electron chi connectivity index (χ2n) is 2.45. The molecule has 4 nitrogen and oxygen atoms in total. The number of amides is 1. The molecule has 2 N–H and O–H groups in total. The van der Waals surface area contributed by atoms with Gasteiger partial charge >= 0.3 is 0 Å². The Kier molecular flexibility index (Phi) is 2.25. The first-order valence-corrected chi connectivity index (χ1v) is 3.45. The van der Waals surface area contributed by atoms with E-state index in [1.165, 1.54) is 0 Å². The third-order valence-electron chi connectivity index (χ3n) is 1.40. The second-order valence-corrected chi connectivity index (χ2v) is 2.45. The Balaban J connectivity index is 0.00000121. The van der Waals surface area contributed by atoms with Gasteiger partial charge in [0.15, 0.2) is 0 Å². The first-order valence-electron chi connectivity index (χ1n) is 3.45. The molecule has 0 unspecified atom stereocenters. The number of hydrogen-bond donors (Lipinski definition) is 1. The highest BCUT2D eigenvalue weighted by Crippen LogP contribution is 1.97. The molecule has 1 rings (SSSR count). The molecule has 11 heavy (non-hydrogen) atoms. The van der Waals surface area contributed by atoms with E-state index in [1.807, 2.05) is 19.3 Å². The molecule has 1 heterocycles. The van der Waals surface area contributed by atoms with Gasteiger partial charge in [0.05, 0.1) is 5.69 Å². The molecule has 0 aliphatic heterocycles. The average Bonchev–Trinajstić information content (AvgIpc) is 2.31. The van der Waals surface area contributed by atoms with Crippen LogP contribution < -0.4 is 5.73 Å². The zero-order chi connectivity index (χ0) is 8.27. The fourth-order valence-electron chi connectivity index (χ4n) is 0.848. The molecule has 1 aromatic heterocycles. The Morgan fingerprint density at radius 1 is 1.91 bits per heavy atom. The lowest BCUT2D eigenvalue weighted by molar-refractivity contribution is -0.118. The number of nitrogens with zero attached hydrogens (tertiary/aromatic N) is 2. The molecule has 1 aromatic rings. The van der Waals surface area contributed by atoms with Crippen LogP contribution in [0, 0.1) is 0 Å². The van der Waals surface area contributed by atoms with Crippen LogP contribution in [0.25, 0.3) is 0 Å². The Labute approximate surface area is 66.5 Å². The molecular formula is C7H13N3O. The number of rotatable bonds is 3. The summed E-state index contributed by atoms with van der Waals surface area (Å²) < 4.78 is 1.70. The number of carbonyl (C=O) groups is 1. The molecule has 0 aromatic carbocycles. The van der Waals surface area contributed by atoms with E-state index >= 15 is 0 Å². The summed E-state index contributed by atoms with van der Waals surface area (Å²) in [6.07, 6.45) is 2.85. The first-order chi connectivity index (χ1) is 5.18. The van der Waals surface area contributed by atoms with Crippen molar-refractivity contribution in [3.05, 3.63) is 18.0 Å². The van der Waals surface area contributed by atoms with Crippen molar-refractivity contribution in [1.82, 2.24) is 9.78 Å². The van der Waals surface area contributed by atoms with Crippen molar-refractivity contribution in [2.45, 2.75) is 12.8 Å². The van der Waals surface area contributed by atoms with Crippen molar-refractivity contribution in [2.24, 2.45) is 12.8 Å². The number of primary amides is 1. The van der Waals surface area contributed by atoms with Gasteiger partial charge in [-0.25, -0.2) is 0 Å². The van der Waals surface area contributed by atoms with Gasteiger partial charge in [-0.05, 0) is 6.07 Å². The summed E-state index contributed by atoms with van der Waals surface area (Å²) in [6.45, 7) is 0. The van der Waals surface area contributed by atoms with Gasteiger partial charge in [-0.2, -0.15) is 5.10 Å². The Hall–Kier alpha value is -1.32. The van der Waals surface area contributed by atoms with Crippen LogP contribution in [0.15, 0.2) is 12.3 Å². The predicted octanol–water partition coefficient (Wildman–Crippen LogP) is 0.0840. The molecule has 0 aliphatic carbocycles. The highest BCUT2D eigenvalue weighted by atomic mass is 16.1. The normalized spacial score (nSPS) is 9.91. The summed E-state index contributed by atoms with van der Waals surface area (Å²) in [6, 6.07) is 1.88. The Bertz CT molecular complexity index is 259. The monoisotopic (exact) mass is 155 g/mol. The second kappa shape index (κ2) is 3.18. The van der Waals surface area contributed by atoms with Gasteiger partial charge in [0.1, 0.15) is 0 Å². The summed E-state index contributed by atoms with van der Waals surface area (Å²) in [5, 5.41) is 4.09. The number of aromatic nitrogens is 2. The minimum absolute atomic E-state index is 0. The van der Waals surface area contributed by atoms with Crippen LogP contribution in [0.5, 0.6) is 0 Å². The van der Waals surface area contributed by atoms with Crippen LogP contribution in [0.4, 0.5) is 0 Å². The van der Waals surface area contributed by atoms with E-state index in [4.69, 9.17) is 5.73 Å². The summed E-state index contributed by atoms with van der Waals surface area (Å²) >= 11 is 0.